The Bertz CT molecular complexity index is 1010. The Morgan fingerprint density at radius 2 is 1.79 bits per heavy atom. The van der Waals surface area contributed by atoms with Crippen molar-refractivity contribution in [3.05, 3.63) is 29.3 Å². The summed E-state index contributed by atoms with van der Waals surface area (Å²) in [5, 5.41) is 0. The molecule has 0 amide bonds. The number of benzene rings is 1. The van der Waals surface area contributed by atoms with E-state index in [2.05, 4.69) is 11.8 Å². The maximum Gasteiger partial charge on any atom is 0.419 e. The van der Waals surface area contributed by atoms with Crippen molar-refractivity contribution in [2.45, 2.75) is 69.6 Å². The molecule has 3 rings (SSSR count). The van der Waals surface area contributed by atoms with Crippen LogP contribution in [0.1, 0.15) is 73.7 Å². The highest BCUT2D eigenvalue weighted by Gasteiger charge is 2.40. The van der Waals surface area contributed by atoms with Gasteiger partial charge in [-0.15, -0.1) is 0 Å². The van der Waals surface area contributed by atoms with Crippen molar-refractivity contribution in [2.75, 3.05) is 12.4 Å². The van der Waals surface area contributed by atoms with Gasteiger partial charge in [-0.3, -0.25) is 4.55 Å². The van der Waals surface area contributed by atoms with Gasteiger partial charge in [0.2, 0.25) is 0 Å². The lowest BCUT2D eigenvalue weighted by molar-refractivity contribution is -0.139. The van der Waals surface area contributed by atoms with Crippen LogP contribution in [-0.4, -0.2) is 36.9 Å². The molecule has 2 aliphatic carbocycles. The van der Waals surface area contributed by atoms with Crippen molar-refractivity contribution in [3.8, 4) is 17.6 Å². The van der Waals surface area contributed by atoms with Crippen molar-refractivity contribution in [1.82, 2.24) is 0 Å². The average molecular weight is 489 g/mol. The van der Waals surface area contributed by atoms with Gasteiger partial charge in [0.05, 0.1) is 11.1 Å². The molecule has 10 heteroatoms. The van der Waals surface area contributed by atoms with Gasteiger partial charge in [-0.25, -0.2) is 4.79 Å². The molecule has 2 aliphatic rings. The van der Waals surface area contributed by atoms with Crippen LogP contribution in [0.3, 0.4) is 0 Å². The van der Waals surface area contributed by atoms with Gasteiger partial charge in [-0.1, -0.05) is 31.1 Å². The van der Waals surface area contributed by atoms with Crippen molar-refractivity contribution in [1.29, 1.82) is 0 Å². The first-order valence-electron chi connectivity index (χ1n) is 11.0. The molecule has 0 aliphatic heterocycles. The fourth-order valence-corrected chi connectivity index (χ4v) is 4.47. The lowest BCUT2D eigenvalue weighted by Crippen LogP contribution is -2.32. The molecule has 1 N–H and O–H groups in total. The highest BCUT2D eigenvalue weighted by molar-refractivity contribution is 7.85. The monoisotopic (exact) mass is 488 g/mol. The molecule has 2 fully saturated rings. The lowest BCUT2D eigenvalue weighted by Gasteiger charge is -2.27. The number of alkyl halides is 3. The number of carbonyl (C=O) groups excluding carboxylic acids is 1. The molecule has 33 heavy (non-hydrogen) atoms. The standard InChI is InChI=1S/C23H27F3O6S/c24-23(25,26)19-9-8-18(21(27)31-14-15-33(28,29)30)16-20(19)32-22(11-4-5-12-22)13-10-17-6-2-1-3-7-17/h8-9,16-17H,1-7,11-12,14-15H2,(H,28,29,30). The molecule has 6 nitrogen and oxygen atoms in total. The van der Waals surface area contributed by atoms with Gasteiger partial charge >= 0.3 is 12.1 Å². The number of hydrogen-bond donors (Lipinski definition) is 1. The molecule has 1 aromatic rings. The van der Waals surface area contributed by atoms with E-state index in [1.807, 2.05) is 0 Å². The van der Waals surface area contributed by atoms with Gasteiger partial charge in [-0.05, 0) is 56.7 Å². The largest absolute Gasteiger partial charge is 0.474 e. The molecule has 0 saturated heterocycles. The maximum atomic E-state index is 13.7. The summed E-state index contributed by atoms with van der Waals surface area (Å²) in [5.41, 5.74) is -2.30. The van der Waals surface area contributed by atoms with E-state index in [1.54, 1.807) is 0 Å². The van der Waals surface area contributed by atoms with Crippen LogP contribution < -0.4 is 4.74 Å². The summed E-state index contributed by atoms with van der Waals surface area (Å²) in [7, 11) is -4.34. The van der Waals surface area contributed by atoms with E-state index in [4.69, 9.17) is 14.0 Å². The number of carbonyl (C=O) groups is 1. The molecule has 182 valence electrons. The van der Waals surface area contributed by atoms with Crippen LogP contribution >= 0.6 is 0 Å². The van der Waals surface area contributed by atoms with Crippen LogP contribution in [0.5, 0.6) is 5.75 Å². The van der Waals surface area contributed by atoms with Crippen molar-refractivity contribution in [3.63, 3.8) is 0 Å². The van der Waals surface area contributed by atoms with Crippen LogP contribution in [0.2, 0.25) is 0 Å². The van der Waals surface area contributed by atoms with Crippen LogP contribution in [0.4, 0.5) is 13.2 Å². The zero-order valence-electron chi connectivity index (χ0n) is 18.1. The minimum atomic E-state index is -4.71. The second-order valence-corrected chi connectivity index (χ2v) is 10.1. The summed E-state index contributed by atoms with van der Waals surface area (Å²) in [5.74, 6) is 4.24. The van der Waals surface area contributed by atoms with Gasteiger partial charge < -0.3 is 9.47 Å². The third-order valence-corrected chi connectivity index (χ3v) is 6.61. The first kappa shape index (κ1) is 25.4. The van der Waals surface area contributed by atoms with E-state index in [0.717, 1.165) is 56.7 Å². The smallest absolute Gasteiger partial charge is 0.419 e. The lowest BCUT2D eigenvalue weighted by atomic mass is 9.89. The molecular formula is C23H27F3O6S. The molecule has 0 radical (unpaired) electrons. The normalized spacial score (nSPS) is 18.9. The number of hydrogen-bond acceptors (Lipinski definition) is 5. The average Bonchev–Trinajstić information content (AvgIpc) is 3.20. The second kappa shape index (κ2) is 10.3. The Hall–Kier alpha value is -2.25. The van der Waals surface area contributed by atoms with E-state index in [0.29, 0.717) is 12.8 Å². The van der Waals surface area contributed by atoms with Gasteiger partial charge in [0.15, 0.2) is 5.60 Å². The predicted octanol–water partition coefficient (Wildman–Crippen LogP) is 5.03. The zero-order valence-corrected chi connectivity index (χ0v) is 18.9. The summed E-state index contributed by atoms with van der Waals surface area (Å²) in [6.45, 7) is -0.633. The summed E-state index contributed by atoms with van der Waals surface area (Å²) in [6, 6.07) is 2.65. The third-order valence-electron chi connectivity index (χ3n) is 5.92. The first-order valence-corrected chi connectivity index (χ1v) is 12.6. The van der Waals surface area contributed by atoms with Crippen molar-refractivity contribution in [2.24, 2.45) is 5.92 Å². The third kappa shape index (κ3) is 7.37. The van der Waals surface area contributed by atoms with E-state index < -0.39 is 51.5 Å². The summed E-state index contributed by atoms with van der Waals surface area (Å²) >= 11 is 0. The minimum Gasteiger partial charge on any atom is -0.474 e. The Kier molecular flexibility index (Phi) is 7.96. The molecule has 0 spiro atoms. The molecule has 0 atom stereocenters. The quantitative estimate of drug-likeness (QED) is 0.343. The van der Waals surface area contributed by atoms with Crippen molar-refractivity contribution >= 4 is 16.1 Å². The molecular weight excluding hydrogens is 461 g/mol. The SMILES string of the molecule is O=C(OCCS(=O)(=O)O)c1ccc(C(F)(F)F)c(OC2(C#CC3CCCCC3)CCCC2)c1. The summed E-state index contributed by atoms with van der Waals surface area (Å²) in [4.78, 5) is 12.2. The van der Waals surface area contributed by atoms with Gasteiger partial charge in [0.25, 0.3) is 10.1 Å². The molecule has 0 aromatic heterocycles. The molecule has 1 aromatic carbocycles. The van der Waals surface area contributed by atoms with Crippen LogP contribution in [0.25, 0.3) is 0 Å². The number of esters is 1. The molecule has 0 bridgehead atoms. The van der Waals surface area contributed by atoms with E-state index in [-0.39, 0.29) is 11.5 Å². The van der Waals surface area contributed by atoms with Gasteiger partial charge in [0, 0.05) is 5.92 Å². The topological polar surface area (TPSA) is 89.9 Å². The Balaban J connectivity index is 1.86. The Morgan fingerprint density at radius 1 is 1.12 bits per heavy atom. The van der Waals surface area contributed by atoms with Crippen LogP contribution in [0, 0.1) is 17.8 Å². The first-order chi connectivity index (χ1) is 15.5. The van der Waals surface area contributed by atoms with E-state index >= 15 is 0 Å². The van der Waals surface area contributed by atoms with Crippen molar-refractivity contribution < 1.29 is 40.4 Å². The number of ether oxygens (including phenoxy) is 2. The molecule has 0 heterocycles. The fourth-order valence-electron chi connectivity index (χ4n) is 4.18. The van der Waals surface area contributed by atoms with Crippen LogP contribution in [-0.2, 0) is 21.0 Å². The Morgan fingerprint density at radius 3 is 2.39 bits per heavy atom. The molecule has 2 saturated carbocycles. The number of rotatable bonds is 6. The van der Waals surface area contributed by atoms with Crippen LogP contribution in [0.15, 0.2) is 18.2 Å². The van der Waals surface area contributed by atoms with Gasteiger partial charge in [0.1, 0.15) is 18.1 Å². The molecule has 0 unspecified atom stereocenters. The highest BCUT2D eigenvalue weighted by Crippen LogP contribution is 2.41. The van der Waals surface area contributed by atoms with E-state index in [9.17, 15) is 26.4 Å². The second-order valence-electron chi connectivity index (χ2n) is 8.54. The Labute approximate surface area is 191 Å². The minimum absolute atomic E-state index is 0.214. The van der Waals surface area contributed by atoms with Gasteiger partial charge in [-0.2, -0.15) is 21.6 Å². The zero-order chi connectivity index (χ0) is 24.1. The maximum absolute atomic E-state index is 13.7. The fraction of sp³-hybridized carbons (Fsp3) is 0.609. The summed E-state index contributed by atoms with van der Waals surface area (Å²) < 4.78 is 81.9. The predicted molar refractivity (Wildman–Crippen MR) is 114 cm³/mol. The highest BCUT2D eigenvalue weighted by atomic mass is 32.2. The number of halogens is 3. The summed E-state index contributed by atoms with van der Waals surface area (Å²) in [6.07, 6.45) is 3.13. The van der Waals surface area contributed by atoms with E-state index in [1.165, 1.54) is 6.42 Å².